The zero-order valence-corrected chi connectivity index (χ0v) is 34.5. The van der Waals surface area contributed by atoms with E-state index < -0.39 is 11.2 Å². The zero-order valence-electron chi connectivity index (χ0n) is 34.5. The second-order valence-corrected chi connectivity index (χ2v) is 19.0. The largest absolute Gasteiger partial charge is 0.388 e. The molecule has 2 aliphatic carbocycles. The third-order valence-electron chi connectivity index (χ3n) is 11.0. The molecular formula is C36H52N20O2. The van der Waals surface area contributed by atoms with E-state index in [2.05, 4.69) is 103 Å². The summed E-state index contributed by atoms with van der Waals surface area (Å²) in [6.45, 7) is 19.5. The molecule has 2 N–H and O–H groups in total. The summed E-state index contributed by atoms with van der Waals surface area (Å²) in [6, 6.07) is 0.772. The molecule has 8 heterocycles. The lowest BCUT2D eigenvalue weighted by atomic mass is 9.95. The first-order valence-corrected chi connectivity index (χ1v) is 20.1. The molecule has 0 aromatic carbocycles. The van der Waals surface area contributed by atoms with Gasteiger partial charge in [0, 0.05) is 37.0 Å². The van der Waals surface area contributed by atoms with Gasteiger partial charge in [0.15, 0.2) is 45.6 Å². The van der Waals surface area contributed by atoms with Crippen molar-refractivity contribution < 1.29 is 10.2 Å². The van der Waals surface area contributed by atoms with Gasteiger partial charge in [0.25, 0.3) is 0 Å². The average Bonchev–Trinajstić information content (AvgIpc) is 3.78. The smallest absolute Gasteiger partial charge is 0.184 e. The van der Waals surface area contributed by atoms with Crippen molar-refractivity contribution in [3.8, 4) is 0 Å². The SMILES string of the molecule is CC(C)(C)c1nc(N2CC[C@@](C)(O)C2)c2nnn(Cc3nnnn3C3CC3)c2n1.CC(C)(C)c1nc(N2CC[C@](C)(O)C2)c2nnn(Cc3nnnn3C3CC3)c2n1. The van der Waals surface area contributed by atoms with Crippen LogP contribution < -0.4 is 9.80 Å². The van der Waals surface area contributed by atoms with Crippen molar-refractivity contribution in [1.29, 1.82) is 0 Å². The summed E-state index contributed by atoms with van der Waals surface area (Å²) in [5, 5.41) is 62.6. The Morgan fingerprint density at radius 3 is 1.29 bits per heavy atom. The summed E-state index contributed by atoms with van der Waals surface area (Å²) in [6.07, 6.45) is 5.79. The number of aliphatic hydroxyl groups is 2. The van der Waals surface area contributed by atoms with Crippen LogP contribution in [0, 0.1) is 0 Å². The van der Waals surface area contributed by atoms with E-state index in [1.807, 2.05) is 23.2 Å². The molecule has 0 unspecified atom stereocenters. The Bertz CT molecular complexity index is 2290. The van der Waals surface area contributed by atoms with Crippen LogP contribution in [0.25, 0.3) is 22.3 Å². The van der Waals surface area contributed by atoms with Crippen LogP contribution in [-0.2, 0) is 23.9 Å². The molecule has 2 saturated heterocycles. The summed E-state index contributed by atoms with van der Waals surface area (Å²) < 4.78 is 7.24. The van der Waals surface area contributed by atoms with Crippen LogP contribution in [0.4, 0.5) is 11.6 Å². The maximum atomic E-state index is 10.4. The number of hydrogen-bond acceptors (Lipinski definition) is 18. The molecule has 4 fully saturated rings. The molecule has 0 bridgehead atoms. The molecule has 4 aliphatic rings. The number of nitrogens with zero attached hydrogens (tertiary/aromatic N) is 20. The molecule has 22 nitrogen and oxygen atoms in total. The van der Waals surface area contributed by atoms with Gasteiger partial charge in [-0.2, -0.15) is 0 Å². The molecule has 308 valence electrons. The number of rotatable bonds is 8. The first-order valence-electron chi connectivity index (χ1n) is 20.1. The Kier molecular flexibility index (Phi) is 8.95. The van der Waals surface area contributed by atoms with Gasteiger partial charge in [-0.15, -0.1) is 20.4 Å². The van der Waals surface area contributed by atoms with Crippen LogP contribution in [0.5, 0.6) is 0 Å². The maximum absolute atomic E-state index is 10.4. The van der Waals surface area contributed by atoms with Gasteiger partial charge in [-0.3, -0.25) is 0 Å². The van der Waals surface area contributed by atoms with Crippen LogP contribution in [0.15, 0.2) is 0 Å². The van der Waals surface area contributed by atoms with Crippen LogP contribution >= 0.6 is 0 Å². The highest BCUT2D eigenvalue weighted by Gasteiger charge is 2.37. The Morgan fingerprint density at radius 2 is 0.966 bits per heavy atom. The van der Waals surface area contributed by atoms with E-state index >= 15 is 0 Å². The van der Waals surface area contributed by atoms with Crippen molar-refractivity contribution in [2.75, 3.05) is 36.0 Å². The lowest BCUT2D eigenvalue weighted by molar-refractivity contribution is 0.0833. The van der Waals surface area contributed by atoms with E-state index in [1.54, 1.807) is 9.36 Å². The molecule has 2 aliphatic heterocycles. The van der Waals surface area contributed by atoms with Gasteiger partial charge in [0.05, 0.1) is 23.3 Å². The average molecular weight is 797 g/mol. The van der Waals surface area contributed by atoms with Crippen molar-refractivity contribution in [2.24, 2.45) is 0 Å². The summed E-state index contributed by atoms with van der Waals surface area (Å²) in [4.78, 5) is 23.4. The molecule has 6 aromatic rings. The Morgan fingerprint density at radius 1 is 0.569 bits per heavy atom. The maximum Gasteiger partial charge on any atom is 0.184 e. The lowest BCUT2D eigenvalue weighted by Crippen LogP contribution is -2.31. The van der Waals surface area contributed by atoms with E-state index in [1.165, 1.54) is 0 Å². The van der Waals surface area contributed by atoms with E-state index in [9.17, 15) is 10.2 Å². The minimum Gasteiger partial charge on any atom is -0.388 e. The second kappa shape index (κ2) is 13.6. The molecule has 2 atom stereocenters. The first-order chi connectivity index (χ1) is 27.4. The number of anilines is 2. The highest BCUT2D eigenvalue weighted by atomic mass is 16.3. The quantitative estimate of drug-likeness (QED) is 0.222. The molecule has 0 spiro atoms. The van der Waals surface area contributed by atoms with E-state index in [0.29, 0.717) is 73.4 Å². The zero-order chi connectivity index (χ0) is 40.8. The van der Waals surface area contributed by atoms with Crippen LogP contribution in [0.3, 0.4) is 0 Å². The normalized spacial score (nSPS) is 22.7. The van der Waals surface area contributed by atoms with Crippen LogP contribution in [0.1, 0.15) is 129 Å². The van der Waals surface area contributed by atoms with Crippen molar-refractivity contribution in [3.63, 3.8) is 0 Å². The van der Waals surface area contributed by atoms with E-state index in [0.717, 1.165) is 73.7 Å². The predicted octanol–water partition coefficient (Wildman–Crippen LogP) is 1.70. The summed E-state index contributed by atoms with van der Waals surface area (Å²) in [5.74, 6) is 4.40. The summed E-state index contributed by atoms with van der Waals surface area (Å²) in [7, 11) is 0. The fraction of sp³-hybridized carbons (Fsp3) is 0.722. The monoisotopic (exact) mass is 796 g/mol. The third-order valence-corrected chi connectivity index (χ3v) is 11.0. The van der Waals surface area contributed by atoms with Crippen molar-refractivity contribution in [3.05, 3.63) is 23.3 Å². The fourth-order valence-electron chi connectivity index (χ4n) is 7.37. The third kappa shape index (κ3) is 7.53. The summed E-state index contributed by atoms with van der Waals surface area (Å²) in [5.41, 5.74) is 0.658. The van der Waals surface area contributed by atoms with Crippen molar-refractivity contribution >= 4 is 34.0 Å². The molecule has 0 amide bonds. The van der Waals surface area contributed by atoms with Crippen LogP contribution in [-0.4, -0.2) is 138 Å². The molecule has 0 radical (unpaired) electrons. The van der Waals surface area contributed by atoms with Crippen LogP contribution in [0.2, 0.25) is 0 Å². The van der Waals surface area contributed by atoms with Gasteiger partial charge in [-0.1, -0.05) is 52.0 Å². The Labute approximate surface area is 334 Å². The Balaban J connectivity index is 0.000000150. The van der Waals surface area contributed by atoms with E-state index in [-0.39, 0.29) is 10.8 Å². The van der Waals surface area contributed by atoms with Gasteiger partial charge in [0.2, 0.25) is 0 Å². The standard InChI is InChI=1S/2C18H26N10O/c2*1-17(2,3)16-19-14(26-8-7-18(4,29)10-26)13-15(20-16)27(24-22-13)9-12-21-23-25-28(12)11-5-6-11/h2*11,29H,5-10H2,1-4H3/t2*18-/m10/s1. The van der Waals surface area contributed by atoms with Crippen molar-refractivity contribution in [1.82, 2.24) is 90.3 Å². The van der Waals surface area contributed by atoms with Gasteiger partial charge in [0.1, 0.15) is 24.7 Å². The molecule has 10 rings (SSSR count). The number of fused-ring (bicyclic) bond motifs is 2. The second-order valence-electron chi connectivity index (χ2n) is 19.0. The predicted molar refractivity (Wildman–Crippen MR) is 209 cm³/mol. The Hall–Kier alpha value is -5.38. The fourth-order valence-corrected chi connectivity index (χ4v) is 7.37. The number of β-amino-alcohol motifs (C(OH)–C–C–N with tert-alkyl or cyclic N) is 2. The minimum atomic E-state index is -0.735. The minimum absolute atomic E-state index is 0.240. The first kappa shape index (κ1) is 38.2. The highest BCUT2D eigenvalue weighted by molar-refractivity contribution is 5.84. The van der Waals surface area contributed by atoms with Gasteiger partial charge in [-0.05, 0) is 73.2 Å². The molecule has 58 heavy (non-hydrogen) atoms. The van der Waals surface area contributed by atoms with Gasteiger partial charge in [-0.25, -0.2) is 38.7 Å². The van der Waals surface area contributed by atoms with Gasteiger partial charge >= 0.3 is 0 Å². The number of tetrazole rings is 2. The highest BCUT2D eigenvalue weighted by Crippen LogP contribution is 2.37. The van der Waals surface area contributed by atoms with Gasteiger partial charge < -0.3 is 20.0 Å². The number of aromatic nitrogens is 18. The van der Waals surface area contributed by atoms with E-state index in [4.69, 9.17) is 19.9 Å². The summed E-state index contributed by atoms with van der Waals surface area (Å²) >= 11 is 0. The number of hydrogen-bond donors (Lipinski definition) is 2. The molecular weight excluding hydrogens is 745 g/mol. The molecule has 2 saturated carbocycles. The topological polar surface area (TPSA) is 247 Å². The lowest BCUT2D eigenvalue weighted by Gasteiger charge is -2.23. The van der Waals surface area contributed by atoms with Crippen molar-refractivity contribution in [2.45, 2.75) is 141 Å². The molecule has 6 aromatic heterocycles. The molecule has 22 heteroatoms.